The molecule has 0 aliphatic heterocycles. The van der Waals surface area contributed by atoms with Gasteiger partial charge in [0, 0.05) is 32.3 Å². The van der Waals surface area contributed by atoms with Gasteiger partial charge in [-0.25, -0.2) is 4.79 Å². The Hall–Kier alpha value is -3.95. The van der Waals surface area contributed by atoms with E-state index in [-0.39, 0.29) is 36.2 Å². The van der Waals surface area contributed by atoms with Gasteiger partial charge >= 0.3 is 5.76 Å². The molecule has 2 amide bonds. The highest BCUT2D eigenvalue weighted by Gasteiger charge is 2.18. The normalized spacial score (nSPS) is 10.7. The Kier molecular flexibility index (Phi) is 5.44. The van der Waals surface area contributed by atoms with Gasteiger partial charge < -0.3 is 14.6 Å². The van der Waals surface area contributed by atoms with Gasteiger partial charge in [0.05, 0.1) is 16.5 Å². The first kappa shape index (κ1) is 19.8. The van der Waals surface area contributed by atoms with Crippen molar-refractivity contribution in [3.05, 3.63) is 74.3 Å². The molecule has 3 aromatic rings. The molecule has 0 spiro atoms. The van der Waals surface area contributed by atoms with Crippen molar-refractivity contribution in [2.45, 2.75) is 13.1 Å². The van der Waals surface area contributed by atoms with Crippen LogP contribution >= 0.6 is 0 Å². The monoisotopic (exact) mass is 398 g/mol. The first-order valence-electron chi connectivity index (χ1n) is 8.63. The van der Waals surface area contributed by atoms with Crippen molar-refractivity contribution in [1.82, 2.24) is 14.8 Å². The van der Waals surface area contributed by atoms with Gasteiger partial charge in [0.2, 0.25) is 5.91 Å². The number of fused-ring (bicyclic) bond motifs is 1. The Morgan fingerprint density at radius 2 is 1.90 bits per heavy atom. The number of hydrogen-bond donors (Lipinski definition) is 1. The summed E-state index contributed by atoms with van der Waals surface area (Å²) in [7, 11) is 3.13. The van der Waals surface area contributed by atoms with Crippen molar-refractivity contribution in [2.24, 2.45) is 0 Å². The third-order valence-corrected chi connectivity index (χ3v) is 4.44. The number of nitrogens with zero attached hydrogens (tertiary/aromatic N) is 3. The molecular formula is C19H18N4O6. The number of aromatic nitrogens is 1. The minimum absolute atomic E-state index is 0.0458. The van der Waals surface area contributed by atoms with E-state index in [4.69, 9.17) is 4.42 Å². The van der Waals surface area contributed by atoms with Crippen LogP contribution in [0.15, 0.2) is 51.7 Å². The van der Waals surface area contributed by atoms with Gasteiger partial charge in [0.15, 0.2) is 5.58 Å². The standard InChI is InChI=1S/C19H18N4O6/c1-20-18(25)13-5-3-12(4-6-13)10-21(2)17(24)11-22-15-8-7-14(23(27)28)9-16(15)29-19(22)26/h3-9H,10-11H2,1-2H3,(H,20,25). The molecule has 1 heterocycles. The van der Waals surface area contributed by atoms with Crippen molar-refractivity contribution >= 4 is 28.6 Å². The fourth-order valence-electron chi connectivity index (χ4n) is 2.84. The third kappa shape index (κ3) is 4.15. The van der Waals surface area contributed by atoms with E-state index in [1.165, 1.54) is 17.0 Å². The summed E-state index contributed by atoms with van der Waals surface area (Å²) in [6.45, 7) is 0.0132. The van der Waals surface area contributed by atoms with E-state index in [0.29, 0.717) is 11.1 Å². The Balaban J connectivity index is 1.74. The van der Waals surface area contributed by atoms with E-state index < -0.39 is 10.7 Å². The van der Waals surface area contributed by atoms with Gasteiger partial charge in [-0.05, 0) is 23.8 Å². The molecule has 0 aliphatic carbocycles. The van der Waals surface area contributed by atoms with Gasteiger partial charge in [0.25, 0.3) is 11.6 Å². The topological polar surface area (TPSA) is 128 Å². The predicted octanol–water partition coefficient (Wildman–Crippen LogP) is 1.52. The maximum absolute atomic E-state index is 12.6. The van der Waals surface area contributed by atoms with Crippen LogP contribution in [0.3, 0.4) is 0 Å². The number of hydrogen-bond acceptors (Lipinski definition) is 6. The number of non-ortho nitro benzene ring substituents is 1. The molecule has 3 rings (SSSR count). The summed E-state index contributed by atoms with van der Waals surface area (Å²) in [6, 6.07) is 10.6. The fraction of sp³-hybridized carbons (Fsp3) is 0.211. The van der Waals surface area contributed by atoms with Crippen LogP contribution in [0.4, 0.5) is 5.69 Å². The number of amides is 2. The predicted molar refractivity (Wildman–Crippen MR) is 103 cm³/mol. The highest BCUT2D eigenvalue weighted by atomic mass is 16.6. The fourth-order valence-corrected chi connectivity index (χ4v) is 2.84. The average molecular weight is 398 g/mol. The van der Waals surface area contributed by atoms with Crippen LogP contribution in [0.2, 0.25) is 0 Å². The van der Waals surface area contributed by atoms with Gasteiger partial charge in [-0.1, -0.05) is 12.1 Å². The third-order valence-electron chi connectivity index (χ3n) is 4.44. The zero-order valence-corrected chi connectivity index (χ0v) is 15.7. The largest absolute Gasteiger partial charge is 0.420 e. The van der Waals surface area contributed by atoms with Crippen molar-refractivity contribution in [1.29, 1.82) is 0 Å². The molecule has 2 aromatic carbocycles. The maximum atomic E-state index is 12.6. The zero-order chi connectivity index (χ0) is 21.1. The number of benzene rings is 2. The molecule has 10 heteroatoms. The number of carbonyl (C=O) groups is 2. The van der Waals surface area contributed by atoms with Crippen LogP contribution in [-0.2, 0) is 17.9 Å². The van der Waals surface area contributed by atoms with E-state index in [1.807, 2.05) is 0 Å². The number of nitro benzene ring substituents is 1. The van der Waals surface area contributed by atoms with Crippen LogP contribution in [0.5, 0.6) is 0 Å². The van der Waals surface area contributed by atoms with Crippen LogP contribution in [0.25, 0.3) is 11.1 Å². The Labute approximate surface area is 164 Å². The molecule has 0 atom stereocenters. The maximum Gasteiger partial charge on any atom is 0.420 e. The summed E-state index contributed by atoms with van der Waals surface area (Å²) in [5.74, 6) is -1.31. The molecule has 0 radical (unpaired) electrons. The summed E-state index contributed by atoms with van der Waals surface area (Å²) in [5.41, 5.74) is 1.47. The number of nitrogens with one attached hydrogen (secondary N) is 1. The molecular weight excluding hydrogens is 380 g/mol. The summed E-state index contributed by atoms with van der Waals surface area (Å²) in [5, 5.41) is 13.4. The van der Waals surface area contributed by atoms with Gasteiger partial charge in [0.1, 0.15) is 6.54 Å². The van der Waals surface area contributed by atoms with Gasteiger partial charge in [-0.15, -0.1) is 0 Å². The summed E-state index contributed by atoms with van der Waals surface area (Å²) in [6.07, 6.45) is 0. The molecule has 0 bridgehead atoms. The van der Waals surface area contributed by atoms with Crippen LogP contribution in [0, 0.1) is 10.1 Å². The molecule has 0 aliphatic rings. The Morgan fingerprint density at radius 3 is 2.52 bits per heavy atom. The number of carbonyl (C=O) groups excluding carboxylic acids is 2. The second-order valence-corrected chi connectivity index (χ2v) is 6.39. The second kappa shape index (κ2) is 7.97. The first-order chi connectivity index (χ1) is 13.8. The Bertz CT molecular complexity index is 1150. The number of rotatable bonds is 6. The molecule has 0 saturated heterocycles. The van der Waals surface area contributed by atoms with E-state index in [2.05, 4.69) is 5.32 Å². The van der Waals surface area contributed by atoms with Crippen LogP contribution in [-0.4, -0.2) is 40.3 Å². The van der Waals surface area contributed by atoms with Crippen molar-refractivity contribution in [3.63, 3.8) is 0 Å². The molecule has 1 aromatic heterocycles. The average Bonchev–Trinajstić information content (AvgIpc) is 3.02. The quantitative estimate of drug-likeness (QED) is 0.495. The molecule has 0 fully saturated rings. The minimum atomic E-state index is -0.767. The van der Waals surface area contributed by atoms with Crippen LogP contribution < -0.4 is 11.1 Å². The Morgan fingerprint density at radius 1 is 1.21 bits per heavy atom. The highest BCUT2D eigenvalue weighted by molar-refractivity contribution is 5.93. The molecule has 10 nitrogen and oxygen atoms in total. The molecule has 150 valence electrons. The lowest BCUT2D eigenvalue weighted by atomic mass is 10.1. The van der Waals surface area contributed by atoms with Gasteiger partial charge in [-0.3, -0.25) is 24.3 Å². The zero-order valence-electron chi connectivity index (χ0n) is 15.7. The minimum Gasteiger partial charge on any atom is -0.407 e. The van der Waals surface area contributed by atoms with E-state index in [1.54, 1.807) is 38.4 Å². The van der Waals surface area contributed by atoms with E-state index in [9.17, 15) is 24.5 Å². The molecule has 1 N–H and O–H groups in total. The number of likely N-dealkylation sites (N-methyl/N-ethyl adjacent to an activating group) is 1. The highest BCUT2D eigenvalue weighted by Crippen LogP contribution is 2.20. The SMILES string of the molecule is CNC(=O)c1ccc(CN(C)C(=O)Cn2c(=O)oc3cc([N+](=O)[O-])ccc32)cc1. The smallest absolute Gasteiger partial charge is 0.407 e. The molecule has 29 heavy (non-hydrogen) atoms. The summed E-state index contributed by atoms with van der Waals surface area (Å²) < 4.78 is 6.16. The lowest BCUT2D eigenvalue weighted by Crippen LogP contribution is -2.32. The lowest BCUT2D eigenvalue weighted by Gasteiger charge is -2.17. The lowest BCUT2D eigenvalue weighted by molar-refractivity contribution is -0.384. The van der Waals surface area contributed by atoms with E-state index in [0.717, 1.165) is 16.2 Å². The summed E-state index contributed by atoms with van der Waals surface area (Å²) in [4.78, 5) is 47.9. The summed E-state index contributed by atoms with van der Waals surface area (Å²) >= 11 is 0. The second-order valence-electron chi connectivity index (χ2n) is 6.39. The van der Waals surface area contributed by atoms with Crippen molar-refractivity contribution in [3.8, 4) is 0 Å². The molecule has 0 saturated carbocycles. The molecule has 0 unspecified atom stereocenters. The number of nitro groups is 1. The first-order valence-corrected chi connectivity index (χ1v) is 8.63. The van der Waals surface area contributed by atoms with Crippen molar-refractivity contribution in [2.75, 3.05) is 14.1 Å². The van der Waals surface area contributed by atoms with Crippen molar-refractivity contribution < 1.29 is 18.9 Å². The number of oxazole rings is 1. The van der Waals surface area contributed by atoms with Gasteiger partial charge in [-0.2, -0.15) is 0 Å². The van der Waals surface area contributed by atoms with Crippen LogP contribution in [0.1, 0.15) is 15.9 Å². The van der Waals surface area contributed by atoms with E-state index >= 15 is 0 Å².